The number of rotatable bonds is 4. The molecule has 0 aromatic heterocycles. The fraction of sp³-hybridized carbons (Fsp3) is 0.611. The normalized spacial score (nSPS) is 26.0. The number of amides is 1. The molecule has 1 amide bonds. The molecule has 2 aliphatic rings. The molecular weight excluding hydrogens is 290 g/mol. The third-order valence-corrected chi connectivity index (χ3v) is 4.75. The number of benzene rings is 1. The van der Waals surface area contributed by atoms with E-state index in [0.29, 0.717) is 13.0 Å². The predicted molar refractivity (Wildman–Crippen MR) is 91.2 cm³/mol. The summed E-state index contributed by atoms with van der Waals surface area (Å²) in [6.45, 7) is 3.86. The van der Waals surface area contributed by atoms with E-state index in [0.717, 1.165) is 12.2 Å². The molecule has 5 nitrogen and oxygen atoms in total. The first-order valence-electron chi connectivity index (χ1n) is 8.74. The molecule has 3 rings (SSSR count). The molecule has 2 heterocycles. The van der Waals surface area contributed by atoms with Crippen LogP contribution in [0.2, 0.25) is 0 Å². The van der Waals surface area contributed by atoms with Gasteiger partial charge < -0.3 is 15.7 Å². The van der Waals surface area contributed by atoms with Crippen LogP contribution in [0.4, 0.5) is 5.69 Å². The highest BCUT2D eigenvalue weighted by Gasteiger charge is 2.27. The standard InChI is InChI=1S/C18H27N3O2/c22-16-11-17(19-12-16)18(23)20-15-7-5-14(6-8-15)13-21-9-3-1-2-4-10-21/h5-8,16-17,19,22H,1-4,9-13H2,(H,20,23). The van der Waals surface area contributed by atoms with Crippen LogP contribution >= 0.6 is 0 Å². The van der Waals surface area contributed by atoms with E-state index >= 15 is 0 Å². The van der Waals surface area contributed by atoms with Crippen LogP contribution in [-0.4, -0.2) is 47.7 Å². The van der Waals surface area contributed by atoms with Gasteiger partial charge in [0.15, 0.2) is 0 Å². The zero-order valence-corrected chi connectivity index (χ0v) is 13.6. The Labute approximate surface area is 138 Å². The number of anilines is 1. The number of likely N-dealkylation sites (tertiary alicyclic amines) is 1. The Morgan fingerprint density at radius 3 is 2.48 bits per heavy atom. The Kier molecular flexibility index (Phi) is 5.65. The predicted octanol–water partition coefficient (Wildman–Crippen LogP) is 1.72. The number of nitrogens with zero attached hydrogens (tertiary/aromatic N) is 1. The average Bonchev–Trinajstić information content (AvgIpc) is 2.82. The molecule has 23 heavy (non-hydrogen) atoms. The van der Waals surface area contributed by atoms with Crippen molar-refractivity contribution in [3.63, 3.8) is 0 Å². The van der Waals surface area contributed by atoms with Crippen molar-refractivity contribution in [3.05, 3.63) is 29.8 Å². The third-order valence-electron chi connectivity index (χ3n) is 4.75. The number of hydrogen-bond donors (Lipinski definition) is 3. The van der Waals surface area contributed by atoms with E-state index in [9.17, 15) is 9.90 Å². The number of aliphatic hydroxyl groups is 1. The number of carbonyl (C=O) groups excluding carboxylic acids is 1. The van der Waals surface area contributed by atoms with Gasteiger partial charge in [-0.05, 0) is 50.0 Å². The van der Waals surface area contributed by atoms with E-state index in [1.807, 2.05) is 12.1 Å². The quantitative estimate of drug-likeness (QED) is 0.791. The summed E-state index contributed by atoms with van der Waals surface area (Å²) >= 11 is 0. The van der Waals surface area contributed by atoms with E-state index < -0.39 is 6.10 Å². The largest absolute Gasteiger partial charge is 0.392 e. The molecule has 2 aliphatic heterocycles. The SMILES string of the molecule is O=C(Nc1ccc(CN2CCCCCC2)cc1)C1CC(O)CN1. The van der Waals surface area contributed by atoms with Crippen LogP contribution in [0.1, 0.15) is 37.7 Å². The van der Waals surface area contributed by atoms with E-state index in [-0.39, 0.29) is 11.9 Å². The number of hydrogen-bond acceptors (Lipinski definition) is 4. The van der Waals surface area contributed by atoms with Crippen molar-refractivity contribution in [3.8, 4) is 0 Å². The summed E-state index contributed by atoms with van der Waals surface area (Å²) in [5, 5.41) is 15.4. The Bertz CT molecular complexity index is 510. The number of β-amino-alcohol motifs (C(OH)–C–C–N with tert-alkyl or cyclic N) is 1. The fourth-order valence-electron chi connectivity index (χ4n) is 3.39. The maximum absolute atomic E-state index is 12.1. The van der Waals surface area contributed by atoms with Crippen LogP contribution in [-0.2, 0) is 11.3 Å². The van der Waals surface area contributed by atoms with Gasteiger partial charge in [-0.25, -0.2) is 0 Å². The van der Waals surface area contributed by atoms with E-state index in [1.54, 1.807) is 0 Å². The second-order valence-electron chi connectivity index (χ2n) is 6.73. The van der Waals surface area contributed by atoms with Crippen molar-refractivity contribution >= 4 is 11.6 Å². The van der Waals surface area contributed by atoms with Gasteiger partial charge in [-0.15, -0.1) is 0 Å². The fourth-order valence-corrected chi connectivity index (χ4v) is 3.39. The molecule has 0 aliphatic carbocycles. The molecule has 1 aromatic rings. The second-order valence-corrected chi connectivity index (χ2v) is 6.73. The Hall–Kier alpha value is -1.43. The van der Waals surface area contributed by atoms with Crippen LogP contribution in [0.3, 0.4) is 0 Å². The minimum absolute atomic E-state index is 0.0678. The average molecular weight is 317 g/mol. The third kappa shape index (κ3) is 4.77. The lowest BCUT2D eigenvalue weighted by Gasteiger charge is -2.20. The Morgan fingerprint density at radius 2 is 1.87 bits per heavy atom. The summed E-state index contributed by atoms with van der Waals surface area (Å²) in [6, 6.07) is 7.84. The lowest BCUT2D eigenvalue weighted by molar-refractivity contribution is -0.117. The van der Waals surface area contributed by atoms with Crippen molar-refractivity contribution in [2.75, 3.05) is 25.0 Å². The van der Waals surface area contributed by atoms with Crippen molar-refractivity contribution in [2.24, 2.45) is 0 Å². The highest BCUT2D eigenvalue weighted by molar-refractivity contribution is 5.95. The monoisotopic (exact) mass is 317 g/mol. The van der Waals surface area contributed by atoms with Gasteiger partial charge in [-0.3, -0.25) is 9.69 Å². The van der Waals surface area contributed by atoms with Crippen molar-refractivity contribution < 1.29 is 9.90 Å². The molecule has 1 aromatic carbocycles. The molecule has 0 spiro atoms. The summed E-state index contributed by atoms with van der Waals surface area (Å²) in [6.07, 6.45) is 5.38. The molecule has 0 saturated carbocycles. The van der Waals surface area contributed by atoms with Crippen LogP contribution < -0.4 is 10.6 Å². The Balaban J connectivity index is 1.51. The molecule has 2 fully saturated rings. The van der Waals surface area contributed by atoms with Gasteiger partial charge in [-0.1, -0.05) is 25.0 Å². The molecule has 0 bridgehead atoms. The summed E-state index contributed by atoms with van der Waals surface area (Å²) in [7, 11) is 0. The summed E-state index contributed by atoms with van der Waals surface area (Å²) < 4.78 is 0. The summed E-state index contributed by atoms with van der Waals surface area (Å²) in [5.74, 6) is -0.0678. The molecular formula is C18H27N3O2. The minimum atomic E-state index is -0.415. The van der Waals surface area contributed by atoms with Crippen molar-refractivity contribution in [1.82, 2.24) is 10.2 Å². The van der Waals surface area contributed by atoms with Crippen molar-refractivity contribution in [1.29, 1.82) is 0 Å². The van der Waals surface area contributed by atoms with Crippen LogP contribution in [0.25, 0.3) is 0 Å². The Morgan fingerprint density at radius 1 is 1.17 bits per heavy atom. The second kappa shape index (κ2) is 7.90. The van der Waals surface area contributed by atoms with Gasteiger partial charge in [0.1, 0.15) is 0 Å². The first-order chi connectivity index (χ1) is 11.2. The molecule has 2 saturated heterocycles. The molecule has 2 unspecified atom stereocenters. The molecule has 2 atom stereocenters. The smallest absolute Gasteiger partial charge is 0.241 e. The van der Waals surface area contributed by atoms with Gasteiger partial charge in [0.2, 0.25) is 5.91 Å². The topological polar surface area (TPSA) is 64.6 Å². The maximum Gasteiger partial charge on any atom is 0.241 e. The summed E-state index contributed by atoms with van der Waals surface area (Å²) in [5.41, 5.74) is 2.11. The molecule has 126 valence electrons. The van der Waals surface area contributed by atoms with Gasteiger partial charge in [0.25, 0.3) is 0 Å². The van der Waals surface area contributed by atoms with Gasteiger partial charge in [-0.2, -0.15) is 0 Å². The van der Waals surface area contributed by atoms with Gasteiger partial charge in [0.05, 0.1) is 12.1 Å². The minimum Gasteiger partial charge on any atom is -0.392 e. The van der Waals surface area contributed by atoms with Crippen LogP contribution in [0, 0.1) is 0 Å². The summed E-state index contributed by atoms with van der Waals surface area (Å²) in [4.78, 5) is 14.6. The van der Waals surface area contributed by atoms with Gasteiger partial charge >= 0.3 is 0 Å². The number of carbonyl (C=O) groups is 1. The first-order valence-corrected chi connectivity index (χ1v) is 8.74. The van der Waals surface area contributed by atoms with Crippen molar-refractivity contribution in [2.45, 2.75) is 50.8 Å². The number of nitrogens with one attached hydrogen (secondary N) is 2. The van der Waals surface area contributed by atoms with E-state index in [4.69, 9.17) is 0 Å². The number of aliphatic hydroxyl groups excluding tert-OH is 1. The molecule has 3 N–H and O–H groups in total. The maximum atomic E-state index is 12.1. The van der Waals surface area contributed by atoms with Gasteiger partial charge in [0, 0.05) is 18.8 Å². The zero-order chi connectivity index (χ0) is 16.1. The van der Waals surface area contributed by atoms with Crippen LogP contribution in [0.5, 0.6) is 0 Å². The lowest BCUT2D eigenvalue weighted by atomic mass is 10.1. The lowest BCUT2D eigenvalue weighted by Crippen LogP contribution is -2.35. The molecule has 0 radical (unpaired) electrons. The first kappa shape index (κ1) is 16.4. The van der Waals surface area contributed by atoms with E-state index in [2.05, 4.69) is 27.7 Å². The highest BCUT2D eigenvalue weighted by atomic mass is 16.3. The zero-order valence-electron chi connectivity index (χ0n) is 13.6. The van der Waals surface area contributed by atoms with E-state index in [1.165, 1.54) is 44.3 Å². The van der Waals surface area contributed by atoms with Crippen LogP contribution in [0.15, 0.2) is 24.3 Å². The molecule has 5 heteroatoms. The highest BCUT2D eigenvalue weighted by Crippen LogP contribution is 2.16.